The maximum Gasteiger partial charge on any atom is 0.416 e. The number of aliphatic hydroxyl groups excluding tert-OH is 4. The van der Waals surface area contributed by atoms with Gasteiger partial charge in [0.1, 0.15) is 24.1 Å². The van der Waals surface area contributed by atoms with E-state index in [0.717, 1.165) is 18.2 Å². The number of nitrogens with one attached hydrogen (secondary N) is 1. The Kier molecular flexibility index (Phi) is 4.19. The van der Waals surface area contributed by atoms with Crippen molar-refractivity contribution < 1.29 is 33.6 Å². The molecule has 0 aliphatic rings. The molecule has 1 aromatic carbocycles. The maximum atomic E-state index is 12.6. The number of nitrogens with zero attached hydrogens (tertiary/aromatic N) is 1. The molecular weight excluding hydrogens is 293 g/mol. The average Bonchev–Trinajstić information content (AvgIpc) is 2.86. The van der Waals surface area contributed by atoms with E-state index in [1.165, 1.54) is 0 Å². The Morgan fingerprint density at radius 2 is 1.86 bits per heavy atom. The van der Waals surface area contributed by atoms with Crippen LogP contribution in [0.1, 0.15) is 17.5 Å². The summed E-state index contributed by atoms with van der Waals surface area (Å²) >= 11 is 0. The number of alkyl halides is 3. The van der Waals surface area contributed by atoms with Crippen LogP contribution in [0, 0.1) is 0 Å². The molecule has 2 rings (SSSR count). The van der Waals surface area contributed by atoms with Crippen LogP contribution >= 0.6 is 0 Å². The van der Waals surface area contributed by atoms with E-state index in [4.69, 9.17) is 5.11 Å². The van der Waals surface area contributed by atoms with E-state index in [0.29, 0.717) is 0 Å². The number of hydrogen-bond acceptors (Lipinski definition) is 5. The summed E-state index contributed by atoms with van der Waals surface area (Å²) in [6.07, 6.45) is -9.50. The summed E-state index contributed by atoms with van der Waals surface area (Å²) in [5, 5.41) is 37.3. The number of aliphatic hydroxyl groups is 4. The van der Waals surface area contributed by atoms with Gasteiger partial charge in [0.25, 0.3) is 0 Å². The topological polar surface area (TPSA) is 110 Å². The molecule has 0 amide bonds. The number of fused-ring (bicyclic) bond motifs is 1. The zero-order valence-electron chi connectivity index (χ0n) is 10.5. The number of aromatic amines is 1. The van der Waals surface area contributed by atoms with E-state index in [-0.39, 0.29) is 16.9 Å². The molecule has 1 aromatic heterocycles. The van der Waals surface area contributed by atoms with Crippen LogP contribution in [-0.2, 0) is 6.18 Å². The molecule has 2 aromatic rings. The number of halogens is 3. The van der Waals surface area contributed by atoms with Gasteiger partial charge in [-0.25, -0.2) is 4.98 Å². The Labute approximate surface area is 116 Å². The van der Waals surface area contributed by atoms with Crippen molar-refractivity contribution in [3.63, 3.8) is 0 Å². The van der Waals surface area contributed by atoms with Gasteiger partial charge in [0.15, 0.2) is 0 Å². The minimum atomic E-state index is -4.51. The summed E-state index contributed by atoms with van der Waals surface area (Å²) in [7, 11) is 0. The third kappa shape index (κ3) is 3.16. The van der Waals surface area contributed by atoms with E-state index >= 15 is 0 Å². The lowest BCUT2D eigenvalue weighted by Gasteiger charge is -2.19. The second-order valence-electron chi connectivity index (χ2n) is 4.54. The van der Waals surface area contributed by atoms with Gasteiger partial charge in [-0.3, -0.25) is 0 Å². The molecule has 0 spiro atoms. The lowest BCUT2D eigenvalue weighted by atomic mass is 10.1. The second-order valence-corrected chi connectivity index (χ2v) is 4.54. The second kappa shape index (κ2) is 5.60. The number of H-pyrrole nitrogens is 1. The van der Waals surface area contributed by atoms with Gasteiger partial charge in [-0.1, -0.05) is 0 Å². The van der Waals surface area contributed by atoms with Gasteiger partial charge in [0.05, 0.1) is 23.2 Å². The largest absolute Gasteiger partial charge is 0.416 e. The van der Waals surface area contributed by atoms with Crippen LogP contribution in [0.15, 0.2) is 18.2 Å². The van der Waals surface area contributed by atoms with Crippen LogP contribution in [0.3, 0.4) is 0 Å². The van der Waals surface area contributed by atoms with E-state index < -0.39 is 36.7 Å². The number of benzene rings is 1. The first-order chi connectivity index (χ1) is 9.74. The molecule has 1 unspecified atom stereocenters. The van der Waals surface area contributed by atoms with E-state index in [9.17, 15) is 28.5 Å². The first-order valence-corrected chi connectivity index (χ1v) is 5.96. The van der Waals surface area contributed by atoms with Crippen LogP contribution in [0.4, 0.5) is 13.2 Å². The molecule has 21 heavy (non-hydrogen) atoms. The maximum absolute atomic E-state index is 12.6. The first kappa shape index (κ1) is 15.7. The van der Waals surface area contributed by atoms with Crippen molar-refractivity contribution in [2.24, 2.45) is 0 Å². The number of aromatic nitrogens is 2. The molecule has 116 valence electrons. The monoisotopic (exact) mass is 306 g/mol. The van der Waals surface area contributed by atoms with E-state index in [1.54, 1.807) is 0 Å². The van der Waals surface area contributed by atoms with Crippen molar-refractivity contribution in [2.75, 3.05) is 6.61 Å². The highest BCUT2D eigenvalue weighted by molar-refractivity contribution is 5.76. The minimum absolute atomic E-state index is 0.0320. The zero-order chi connectivity index (χ0) is 15.8. The first-order valence-electron chi connectivity index (χ1n) is 5.96. The Morgan fingerprint density at radius 3 is 2.43 bits per heavy atom. The average molecular weight is 306 g/mol. The third-order valence-corrected chi connectivity index (χ3v) is 3.01. The third-order valence-electron chi connectivity index (χ3n) is 3.01. The standard InChI is InChI=1S/C12H13F3N2O4/c13-12(14,15)5-1-2-6-7(3-5)17-11(16-6)10(21)9(20)8(19)4-18/h1-3,8-10,18-21H,4H2,(H,16,17)/t8-,9+,10?/m1/s1. The normalized spacial score (nSPS) is 16.9. The van der Waals surface area contributed by atoms with Gasteiger partial charge >= 0.3 is 6.18 Å². The van der Waals surface area contributed by atoms with Crippen molar-refractivity contribution in [3.8, 4) is 0 Å². The summed E-state index contributed by atoms with van der Waals surface area (Å²) in [4.78, 5) is 6.30. The van der Waals surface area contributed by atoms with Crippen LogP contribution < -0.4 is 0 Å². The fraction of sp³-hybridized carbons (Fsp3) is 0.417. The van der Waals surface area contributed by atoms with Gasteiger partial charge in [0, 0.05) is 0 Å². The highest BCUT2D eigenvalue weighted by atomic mass is 19.4. The van der Waals surface area contributed by atoms with Crippen molar-refractivity contribution in [3.05, 3.63) is 29.6 Å². The highest BCUT2D eigenvalue weighted by Gasteiger charge is 2.31. The van der Waals surface area contributed by atoms with Gasteiger partial charge in [-0.2, -0.15) is 13.2 Å². The van der Waals surface area contributed by atoms with Crippen LogP contribution in [0.25, 0.3) is 11.0 Å². The molecule has 0 aliphatic heterocycles. The fourth-order valence-corrected chi connectivity index (χ4v) is 1.83. The molecule has 3 atom stereocenters. The summed E-state index contributed by atoms with van der Waals surface area (Å²) < 4.78 is 37.7. The molecule has 0 aliphatic carbocycles. The SMILES string of the molecule is OC[C@@H](O)[C@H](O)C(O)c1nc2ccc(C(F)(F)F)cc2[nH]1. The zero-order valence-corrected chi connectivity index (χ0v) is 10.5. The number of imidazole rings is 1. The van der Waals surface area contributed by atoms with E-state index in [1.807, 2.05) is 0 Å². The summed E-state index contributed by atoms with van der Waals surface area (Å²) in [6, 6.07) is 2.80. The molecular formula is C12H13F3N2O4. The molecule has 9 heteroatoms. The summed E-state index contributed by atoms with van der Waals surface area (Å²) in [5.41, 5.74) is -0.678. The Balaban J connectivity index is 2.35. The van der Waals surface area contributed by atoms with Gasteiger partial charge in [-0.15, -0.1) is 0 Å². The minimum Gasteiger partial charge on any atom is -0.394 e. The van der Waals surface area contributed by atoms with Gasteiger partial charge in [0.2, 0.25) is 0 Å². The highest BCUT2D eigenvalue weighted by Crippen LogP contribution is 2.31. The number of hydrogen-bond donors (Lipinski definition) is 5. The Bertz CT molecular complexity index is 628. The Morgan fingerprint density at radius 1 is 1.19 bits per heavy atom. The lowest BCUT2D eigenvalue weighted by Crippen LogP contribution is -2.35. The summed E-state index contributed by atoms with van der Waals surface area (Å²) in [6.45, 7) is -0.781. The Hall–Kier alpha value is -1.68. The predicted molar refractivity (Wildman–Crippen MR) is 65.2 cm³/mol. The molecule has 0 fully saturated rings. The molecule has 0 saturated carbocycles. The summed E-state index contributed by atoms with van der Waals surface area (Å²) in [5.74, 6) is -0.204. The quantitative estimate of drug-likeness (QED) is 0.559. The molecule has 0 radical (unpaired) electrons. The van der Waals surface area contributed by atoms with Crippen molar-refractivity contribution in [2.45, 2.75) is 24.5 Å². The smallest absolute Gasteiger partial charge is 0.394 e. The van der Waals surface area contributed by atoms with Crippen LogP contribution in [0.2, 0.25) is 0 Å². The molecule has 6 nitrogen and oxygen atoms in total. The van der Waals surface area contributed by atoms with Crippen molar-refractivity contribution in [1.82, 2.24) is 9.97 Å². The number of rotatable bonds is 4. The van der Waals surface area contributed by atoms with E-state index in [2.05, 4.69) is 9.97 Å². The van der Waals surface area contributed by atoms with Gasteiger partial charge < -0.3 is 25.4 Å². The molecule has 5 N–H and O–H groups in total. The lowest BCUT2D eigenvalue weighted by molar-refractivity contribution is -0.137. The molecule has 1 heterocycles. The van der Waals surface area contributed by atoms with Crippen molar-refractivity contribution >= 4 is 11.0 Å². The fourth-order valence-electron chi connectivity index (χ4n) is 1.83. The molecule has 0 saturated heterocycles. The van der Waals surface area contributed by atoms with Gasteiger partial charge in [-0.05, 0) is 18.2 Å². The van der Waals surface area contributed by atoms with Crippen LogP contribution in [0.5, 0.6) is 0 Å². The van der Waals surface area contributed by atoms with Crippen LogP contribution in [-0.4, -0.2) is 49.2 Å². The van der Waals surface area contributed by atoms with Crippen molar-refractivity contribution in [1.29, 1.82) is 0 Å². The predicted octanol–water partition coefficient (Wildman–Crippen LogP) is 0.329. The molecule has 0 bridgehead atoms.